The van der Waals surface area contributed by atoms with Gasteiger partial charge in [-0.25, -0.2) is 9.78 Å². The number of likely N-dealkylation sites (N-methyl/N-ethyl adjacent to an activating group) is 1. The number of alkyl carbamates (subject to hydrolysis) is 1. The van der Waals surface area contributed by atoms with Crippen LogP contribution in [0.2, 0.25) is 0 Å². The summed E-state index contributed by atoms with van der Waals surface area (Å²) in [4.78, 5) is 47.1. The lowest BCUT2D eigenvalue weighted by Crippen LogP contribution is -2.56. The maximum Gasteiger partial charge on any atom is 0.407 e. The SMILES string of the molecule is COc1cc(C(=O)N[C@H]2CC[C@H](NC(=O)OC(C)(C)C)CC2)ccc1Nc1ccc2c(n1)N(C1CCOCC1)[C@H](C)C(=O)N2C. The number of amides is 3. The van der Waals surface area contributed by atoms with Crippen LogP contribution in [-0.4, -0.2) is 80.0 Å². The van der Waals surface area contributed by atoms with Gasteiger partial charge in [0.05, 0.1) is 18.5 Å². The number of anilines is 4. The van der Waals surface area contributed by atoms with Crippen molar-refractivity contribution in [1.29, 1.82) is 0 Å². The Bertz CT molecular complexity index is 1400. The van der Waals surface area contributed by atoms with E-state index in [1.165, 1.54) is 0 Å². The highest BCUT2D eigenvalue weighted by Gasteiger charge is 2.39. The average Bonchev–Trinajstić information content (AvgIpc) is 3.00. The molecule has 3 N–H and O–H groups in total. The predicted octanol–water partition coefficient (Wildman–Crippen LogP) is 4.75. The smallest absolute Gasteiger partial charge is 0.407 e. The van der Waals surface area contributed by atoms with E-state index in [2.05, 4.69) is 20.9 Å². The summed E-state index contributed by atoms with van der Waals surface area (Å²) >= 11 is 0. The molecule has 244 valence electrons. The number of benzene rings is 1. The van der Waals surface area contributed by atoms with Gasteiger partial charge in [0.25, 0.3) is 5.91 Å². The number of nitrogens with zero attached hydrogens (tertiary/aromatic N) is 3. The van der Waals surface area contributed by atoms with E-state index in [1.807, 2.05) is 45.9 Å². The summed E-state index contributed by atoms with van der Waals surface area (Å²) < 4.78 is 16.6. The predicted molar refractivity (Wildman–Crippen MR) is 173 cm³/mol. The first-order valence-electron chi connectivity index (χ1n) is 15.8. The highest BCUT2D eigenvalue weighted by Crippen LogP contribution is 2.39. The van der Waals surface area contributed by atoms with Crippen LogP contribution in [0.3, 0.4) is 0 Å². The first-order chi connectivity index (χ1) is 21.4. The van der Waals surface area contributed by atoms with E-state index in [4.69, 9.17) is 19.2 Å². The third kappa shape index (κ3) is 7.61. The molecule has 12 nitrogen and oxygen atoms in total. The minimum Gasteiger partial charge on any atom is -0.495 e. The van der Waals surface area contributed by atoms with Crippen molar-refractivity contribution in [1.82, 2.24) is 15.6 Å². The van der Waals surface area contributed by atoms with Crippen molar-refractivity contribution < 1.29 is 28.6 Å². The van der Waals surface area contributed by atoms with Crippen LogP contribution >= 0.6 is 0 Å². The minimum absolute atomic E-state index is 0.0174. The number of nitrogens with one attached hydrogen (secondary N) is 3. The molecule has 0 unspecified atom stereocenters. The molecule has 3 amide bonds. The Kier molecular flexibility index (Phi) is 9.71. The molecule has 1 saturated carbocycles. The van der Waals surface area contributed by atoms with Gasteiger partial charge in [-0.05, 0) is 96.6 Å². The third-order valence-electron chi connectivity index (χ3n) is 8.66. The van der Waals surface area contributed by atoms with Gasteiger partial charge in [0.2, 0.25) is 5.91 Å². The van der Waals surface area contributed by atoms with Crippen LogP contribution in [0.5, 0.6) is 5.75 Å². The second-order valence-electron chi connectivity index (χ2n) is 13.1. The summed E-state index contributed by atoms with van der Waals surface area (Å²) in [7, 11) is 3.35. The number of carbonyl (C=O) groups excluding carboxylic acids is 3. The van der Waals surface area contributed by atoms with Gasteiger partial charge in [-0.3, -0.25) is 9.59 Å². The van der Waals surface area contributed by atoms with Crippen LogP contribution < -0.4 is 30.5 Å². The van der Waals surface area contributed by atoms with Crippen molar-refractivity contribution in [2.75, 3.05) is 42.5 Å². The highest BCUT2D eigenvalue weighted by atomic mass is 16.6. The maximum atomic E-state index is 13.2. The van der Waals surface area contributed by atoms with Gasteiger partial charge in [-0.2, -0.15) is 0 Å². The van der Waals surface area contributed by atoms with Gasteiger partial charge in [0, 0.05) is 44.0 Å². The Morgan fingerprint density at radius 1 is 0.978 bits per heavy atom. The molecule has 1 aromatic carbocycles. The normalized spacial score (nSPS) is 22.4. The lowest BCUT2D eigenvalue weighted by atomic mass is 9.91. The number of methoxy groups -OCH3 is 1. The zero-order valence-electron chi connectivity index (χ0n) is 27.1. The Labute approximate surface area is 265 Å². The van der Waals surface area contributed by atoms with Crippen LogP contribution in [-0.2, 0) is 14.3 Å². The van der Waals surface area contributed by atoms with E-state index in [0.29, 0.717) is 36.0 Å². The first-order valence-corrected chi connectivity index (χ1v) is 15.8. The van der Waals surface area contributed by atoms with Crippen LogP contribution in [0.25, 0.3) is 0 Å². The van der Waals surface area contributed by atoms with Gasteiger partial charge in [0.1, 0.15) is 23.2 Å². The molecule has 2 aliphatic heterocycles. The number of pyridine rings is 1. The fourth-order valence-electron chi connectivity index (χ4n) is 6.32. The van der Waals surface area contributed by atoms with Crippen LogP contribution in [0.15, 0.2) is 30.3 Å². The number of carbonyl (C=O) groups is 3. The Morgan fingerprint density at radius 3 is 2.29 bits per heavy atom. The number of aromatic nitrogens is 1. The molecular formula is C33H46N6O6. The summed E-state index contributed by atoms with van der Waals surface area (Å²) in [6.07, 6.45) is 4.31. The van der Waals surface area contributed by atoms with Crippen molar-refractivity contribution in [3.63, 3.8) is 0 Å². The topological polar surface area (TPSA) is 134 Å². The molecule has 3 heterocycles. The van der Waals surface area contributed by atoms with Crippen LogP contribution in [0, 0.1) is 0 Å². The zero-order chi connectivity index (χ0) is 32.3. The molecule has 1 aliphatic carbocycles. The van der Waals surface area contributed by atoms with Gasteiger partial charge in [-0.15, -0.1) is 0 Å². The molecular weight excluding hydrogens is 576 g/mol. The average molecular weight is 623 g/mol. The second-order valence-corrected chi connectivity index (χ2v) is 13.1. The van der Waals surface area contributed by atoms with Crippen molar-refractivity contribution >= 4 is 40.9 Å². The molecule has 1 aromatic heterocycles. The number of hydrogen-bond acceptors (Lipinski definition) is 9. The molecule has 2 aromatic rings. The lowest BCUT2D eigenvalue weighted by molar-refractivity contribution is -0.119. The molecule has 1 atom stereocenters. The summed E-state index contributed by atoms with van der Waals surface area (Å²) in [5, 5.41) is 9.42. The molecule has 0 spiro atoms. The van der Waals surface area contributed by atoms with E-state index in [1.54, 1.807) is 31.2 Å². The Morgan fingerprint density at radius 2 is 1.64 bits per heavy atom. The first kappa shape index (κ1) is 32.3. The van der Waals surface area contributed by atoms with Gasteiger partial charge in [-0.1, -0.05) is 0 Å². The van der Waals surface area contributed by atoms with Crippen molar-refractivity contribution in [2.24, 2.45) is 0 Å². The standard InChI is InChI=1S/C33H46N6O6/c1-20-31(41)38(5)26-13-14-28(37-29(26)39(20)24-15-17-44-18-16-24)36-25-12-7-21(19-27(25)43-6)30(40)34-22-8-10-23(11-9-22)35-32(42)45-33(2,3)4/h7,12-14,19-20,22-24H,8-11,15-18H2,1-6H3,(H,34,40)(H,35,42)(H,36,37)/t20-,22-,23-/m1/s1. The lowest BCUT2D eigenvalue weighted by Gasteiger charge is -2.44. The van der Waals surface area contributed by atoms with E-state index in [9.17, 15) is 14.4 Å². The summed E-state index contributed by atoms with van der Waals surface area (Å²) in [5.74, 6) is 1.73. The number of fused-ring (bicyclic) bond motifs is 1. The molecule has 12 heteroatoms. The van der Waals surface area contributed by atoms with Gasteiger partial charge in [0.15, 0.2) is 5.82 Å². The largest absolute Gasteiger partial charge is 0.495 e. The summed E-state index contributed by atoms with van der Waals surface area (Å²) in [5.41, 5.74) is 1.39. The maximum absolute atomic E-state index is 13.2. The number of ether oxygens (including phenoxy) is 3. The molecule has 2 fully saturated rings. The minimum atomic E-state index is -0.540. The van der Waals surface area contributed by atoms with E-state index < -0.39 is 11.7 Å². The highest BCUT2D eigenvalue weighted by molar-refractivity contribution is 6.04. The monoisotopic (exact) mass is 622 g/mol. The quantitative estimate of drug-likeness (QED) is 0.400. The van der Waals surface area contributed by atoms with E-state index >= 15 is 0 Å². The van der Waals surface area contributed by atoms with Crippen molar-refractivity contribution in [3.05, 3.63) is 35.9 Å². The molecule has 0 radical (unpaired) electrons. The molecule has 1 saturated heterocycles. The zero-order valence-corrected chi connectivity index (χ0v) is 27.1. The van der Waals surface area contributed by atoms with Crippen LogP contribution in [0.4, 0.5) is 27.8 Å². The van der Waals surface area contributed by atoms with E-state index in [0.717, 1.165) is 50.0 Å². The Balaban J connectivity index is 1.24. The molecule has 3 aliphatic rings. The van der Waals surface area contributed by atoms with Crippen molar-refractivity contribution in [3.8, 4) is 5.75 Å². The van der Waals surface area contributed by atoms with Gasteiger partial charge < -0.3 is 40.0 Å². The van der Waals surface area contributed by atoms with Gasteiger partial charge >= 0.3 is 6.09 Å². The fourth-order valence-corrected chi connectivity index (χ4v) is 6.32. The van der Waals surface area contributed by atoms with Crippen LogP contribution in [0.1, 0.15) is 76.6 Å². The molecule has 45 heavy (non-hydrogen) atoms. The third-order valence-corrected chi connectivity index (χ3v) is 8.66. The fraction of sp³-hybridized carbons (Fsp3) is 0.576. The van der Waals surface area contributed by atoms with E-state index in [-0.39, 0.29) is 36.0 Å². The second kappa shape index (κ2) is 13.5. The summed E-state index contributed by atoms with van der Waals surface area (Å²) in [6.45, 7) is 8.77. The van der Waals surface area contributed by atoms with Crippen molar-refractivity contribution in [2.45, 2.75) is 96.0 Å². The molecule has 5 rings (SSSR count). The number of rotatable bonds is 7. The Hall–Kier alpha value is -4.06. The molecule has 0 bridgehead atoms. The summed E-state index contributed by atoms with van der Waals surface area (Å²) in [6, 6.07) is 8.92. The number of hydrogen-bond donors (Lipinski definition) is 3.